The predicted molar refractivity (Wildman–Crippen MR) is 102 cm³/mol. The predicted octanol–water partition coefficient (Wildman–Crippen LogP) is 4.32. The van der Waals surface area contributed by atoms with Gasteiger partial charge in [-0.3, -0.25) is 9.59 Å². The smallest absolute Gasteiger partial charge is 0.261 e. The lowest BCUT2D eigenvalue weighted by atomic mass is 9.88. The van der Waals surface area contributed by atoms with Gasteiger partial charge < -0.3 is 14.8 Å². The summed E-state index contributed by atoms with van der Waals surface area (Å²) in [5, 5.41) is 14.2. The number of halogens is 1. The van der Waals surface area contributed by atoms with Crippen LogP contribution in [0.25, 0.3) is 11.3 Å². The van der Waals surface area contributed by atoms with E-state index in [1.807, 2.05) is 13.0 Å². The number of aliphatic hydroxyl groups is 1. The molecule has 0 saturated carbocycles. The van der Waals surface area contributed by atoms with Gasteiger partial charge in [0.05, 0.1) is 6.42 Å². The zero-order valence-electron chi connectivity index (χ0n) is 14.5. The van der Waals surface area contributed by atoms with Gasteiger partial charge in [0.1, 0.15) is 5.76 Å². The van der Waals surface area contributed by atoms with Crippen LogP contribution in [-0.4, -0.2) is 16.8 Å². The molecule has 0 fully saturated rings. The van der Waals surface area contributed by atoms with Crippen molar-refractivity contribution in [2.45, 2.75) is 18.9 Å². The number of amides is 1. The molecule has 136 valence electrons. The second kappa shape index (κ2) is 6.37. The summed E-state index contributed by atoms with van der Waals surface area (Å²) in [6.45, 7) is 1.86. The molecule has 2 aromatic carbocycles. The molecule has 1 atom stereocenters. The van der Waals surface area contributed by atoms with Crippen molar-refractivity contribution in [3.05, 3.63) is 76.5 Å². The van der Waals surface area contributed by atoms with Crippen molar-refractivity contribution in [3.8, 4) is 11.3 Å². The average Bonchev–Trinajstić information content (AvgIpc) is 3.21. The molecule has 2 heterocycles. The average molecular weight is 382 g/mol. The molecule has 2 N–H and O–H groups in total. The Balaban J connectivity index is 1.61. The minimum Gasteiger partial charge on any atom is -0.453 e. The van der Waals surface area contributed by atoms with E-state index in [9.17, 15) is 14.7 Å². The van der Waals surface area contributed by atoms with Crippen molar-refractivity contribution in [2.75, 3.05) is 5.32 Å². The van der Waals surface area contributed by atoms with E-state index in [1.165, 1.54) is 0 Å². The first kappa shape index (κ1) is 17.5. The van der Waals surface area contributed by atoms with Gasteiger partial charge in [0.2, 0.25) is 5.78 Å². The highest BCUT2D eigenvalue weighted by Crippen LogP contribution is 2.39. The quantitative estimate of drug-likeness (QED) is 0.659. The number of hydrogen-bond donors (Lipinski definition) is 2. The first-order valence-electron chi connectivity index (χ1n) is 8.41. The summed E-state index contributed by atoms with van der Waals surface area (Å²) in [6.07, 6.45) is -0.400. The Hall–Kier alpha value is -2.89. The lowest BCUT2D eigenvalue weighted by Gasteiger charge is -2.19. The molecule has 0 spiro atoms. The third kappa shape index (κ3) is 3.05. The fourth-order valence-corrected chi connectivity index (χ4v) is 3.34. The molecule has 4 rings (SSSR count). The number of hydrogen-bond acceptors (Lipinski definition) is 4. The Labute approximate surface area is 160 Å². The van der Waals surface area contributed by atoms with E-state index in [0.29, 0.717) is 22.0 Å². The second-order valence-electron chi connectivity index (χ2n) is 6.63. The normalized spacial score (nSPS) is 18.3. The summed E-state index contributed by atoms with van der Waals surface area (Å²) in [6, 6.07) is 15.5. The molecule has 0 bridgehead atoms. The summed E-state index contributed by atoms with van der Waals surface area (Å²) in [5.74, 6) is -0.473. The molecule has 1 aliphatic rings. The van der Waals surface area contributed by atoms with Crippen LogP contribution in [0.4, 0.5) is 5.69 Å². The summed E-state index contributed by atoms with van der Waals surface area (Å²) in [5.41, 5.74) is 0.675. The lowest BCUT2D eigenvalue weighted by molar-refractivity contribution is -0.133. The number of carbonyl (C=O) groups is 2. The van der Waals surface area contributed by atoms with Gasteiger partial charge in [0.15, 0.2) is 11.4 Å². The molecule has 1 aliphatic heterocycles. The summed E-state index contributed by atoms with van der Waals surface area (Å²) in [4.78, 5) is 25.0. The van der Waals surface area contributed by atoms with Crippen LogP contribution in [0.15, 0.2) is 59.0 Å². The molecule has 1 unspecified atom stereocenters. The van der Waals surface area contributed by atoms with E-state index in [1.54, 1.807) is 48.5 Å². The van der Waals surface area contributed by atoms with Crippen LogP contribution in [0, 0.1) is 6.92 Å². The first-order valence-corrected chi connectivity index (χ1v) is 8.78. The van der Waals surface area contributed by atoms with E-state index in [4.69, 9.17) is 16.0 Å². The highest BCUT2D eigenvalue weighted by atomic mass is 35.5. The monoisotopic (exact) mass is 381 g/mol. The molecule has 5 nitrogen and oxygen atoms in total. The van der Waals surface area contributed by atoms with Gasteiger partial charge in [-0.2, -0.15) is 0 Å². The lowest BCUT2D eigenvalue weighted by Crippen LogP contribution is -2.36. The number of benzene rings is 2. The van der Waals surface area contributed by atoms with Gasteiger partial charge in [0.25, 0.3) is 5.91 Å². The van der Waals surface area contributed by atoms with Gasteiger partial charge >= 0.3 is 0 Å². The Bertz CT molecular complexity index is 1050. The Morgan fingerprint density at radius 1 is 1.15 bits per heavy atom. The maximum absolute atomic E-state index is 12.7. The van der Waals surface area contributed by atoms with Gasteiger partial charge in [-0.15, -0.1) is 0 Å². The number of ketones is 1. The van der Waals surface area contributed by atoms with Gasteiger partial charge in [0, 0.05) is 21.8 Å². The van der Waals surface area contributed by atoms with E-state index in [0.717, 1.165) is 11.1 Å². The van der Waals surface area contributed by atoms with Crippen molar-refractivity contribution in [2.24, 2.45) is 0 Å². The molecule has 3 aromatic rings. The molecule has 27 heavy (non-hydrogen) atoms. The Morgan fingerprint density at radius 3 is 2.63 bits per heavy atom. The third-order valence-corrected chi connectivity index (χ3v) is 4.92. The van der Waals surface area contributed by atoms with Crippen LogP contribution in [0.2, 0.25) is 5.02 Å². The number of anilines is 1. The number of aryl methyl sites for hydroxylation is 1. The number of furan rings is 1. The van der Waals surface area contributed by atoms with E-state index < -0.39 is 23.7 Å². The first-order chi connectivity index (χ1) is 12.9. The van der Waals surface area contributed by atoms with Crippen LogP contribution in [0.5, 0.6) is 0 Å². The second-order valence-corrected chi connectivity index (χ2v) is 7.07. The summed E-state index contributed by atoms with van der Waals surface area (Å²) < 4.78 is 5.64. The largest absolute Gasteiger partial charge is 0.453 e. The van der Waals surface area contributed by atoms with Crippen molar-refractivity contribution in [1.82, 2.24) is 0 Å². The van der Waals surface area contributed by atoms with Crippen molar-refractivity contribution in [1.29, 1.82) is 0 Å². The van der Waals surface area contributed by atoms with Gasteiger partial charge in [-0.1, -0.05) is 29.3 Å². The van der Waals surface area contributed by atoms with Crippen molar-refractivity contribution in [3.63, 3.8) is 0 Å². The number of rotatable bonds is 4. The van der Waals surface area contributed by atoms with Crippen LogP contribution in [0.1, 0.15) is 28.1 Å². The zero-order valence-corrected chi connectivity index (χ0v) is 15.2. The molecule has 0 aliphatic carbocycles. The molecule has 0 saturated heterocycles. The maximum Gasteiger partial charge on any atom is 0.261 e. The van der Waals surface area contributed by atoms with E-state index in [2.05, 4.69) is 5.32 Å². The summed E-state index contributed by atoms with van der Waals surface area (Å²) in [7, 11) is 0. The van der Waals surface area contributed by atoms with Crippen LogP contribution in [0.3, 0.4) is 0 Å². The minimum atomic E-state index is -1.91. The molecule has 6 heteroatoms. The Kier molecular flexibility index (Phi) is 4.13. The molecule has 1 aromatic heterocycles. The number of fused-ring (bicyclic) bond motifs is 1. The van der Waals surface area contributed by atoms with E-state index in [-0.39, 0.29) is 5.76 Å². The fourth-order valence-electron chi connectivity index (χ4n) is 3.21. The molecule has 0 radical (unpaired) electrons. The molecule has 1 amide bonds. The Morgan fingerprint density at radius 2 is 1.89 bits per heavy atom. The molecular formula is C21H16ClNO4. The number of nitrogens with one attached hydrogen (secondary N) is 1. The highest BCUT2D eigenvalue weighted by Gasteiger charge is 2.47. The standard InChI is InChI=1S/C21H16ClNO4/c1-12-2-7-16-15(10-12)21(26,20(25)23-16)11-17(24)19-9-8-18(27-19)13-3-5-14(22)6-4-13/h2-10,26H,11H2,1H3,(H,23,25). The molecular weight excluding hydrogens is 366 g/mol. The highest BCUT2D eigenvalue weighted by molar-refractivity contribution is 6.30. The van der Waals surface area contributed by atoms with Crippen molar-refractivity contribution < 1.29 is 19.1 Å². The number of Topliss-reactive ketones (excluding diaryl/α,β-unsaturated/α-hetero) is 1. The van der Waals surface area contributed by atoms with E-state index >= 15 is 0 Å². The minimum absolute atomic E-state index is 0.0854. The SMILES string of the molecule is Cc1ccc2c(c1)C(O)(CC(=O)c1ccc(-c3ccc(Cl)cc3)o1)C(=O)N2. The fraction of sp³-hybridized carbons (Fsp3) is 0.143. The summed E-state index contributed by atoms with van der Waals surface area (Å²) >= 11 is 5.88. The van der Waals surface area contributed by atoms with Crippen LogP contribution >= 0.6 is 11.6 Å². The number of carbonyl (C=O) groups excluding carboxylic acids is 2. The maximum atomic E-state index is 12.7. The zero-order chi connectivity index (χ0) is 19.2. The van der Waals surface area contributed by atoms with Crippen LogP contribution in [-0.2, 0) is 10.4 Å². The third-order valence-electron chi connectivity index (χ3n) is 4.67. The van der Waals surface area contributed by atoms with Gasteiger partial charge in [-0.05, 0) is 49.4 Å². The van der Waals surface area contributed by atoms with Gasteiger partial charge in [-0.25, -0.2) is 0 Å². The topological polar surface area (TPSA) is 79.5 Å². The van der Waals surface area contributed by atoms with Crippen LogP contribution < -0.4 is 5.32 Å². The van der Waals surface area contributed by atoms with Crippen molar-refractivity contribution >= 4 is 29.0 Å².